The number of carboxylic acids is 2. The van der Waals surface area contributed by atoms with E-state index in [4.69, 9.17) is 9.52 Å². The minimum absolute atomic E-state index is 0.0337. The number of carbonyl (C=O) groups excluding carboxylic acids is 2. The Morgan fingerprint density at radius 3 is 2.62 bits per heavy atom. The number of benzene rings is 1. The number of carbonyl (C=O) groups is 4. The highest BCUT2D eigenvalue weighted by Gasteiger charge is 2.49. The fourth-order valence-electron chi connectivity index (χ4n) is 3.97. The van der Waals surface area contributed by atoms with Gasteiger partial charge in [-0.3, -0.25) is 24.1 Å². The number of aromatic nitrogens is 4. The van der Waals surface area contributed by atoms with Gasteiger partial charge in [0, 0.05) is 17.4 Å². The topological polar surface area (TPSA) is 238 Å². The van der Waals surface area contributed by atoms with E-state index in [1.165, 1.54) is 0 Å². The second-order valence-corrected chi connectivity index (χ2v) is 10.4. The molecule has 39 heavy (non-hydrogen) atoms. The van der Waals surface area contributed by atoms with Gasteiger partial charge in [-0.15, -0.1) is 16.9 Å². The lowest BCUT2D eigenvalue weighted by Crippen LogP contribution is -2.57. The van der Waals surface area contributed by atoms with Crippen molar-refractivity contribution in [2.24, 2.45) is 0 Å². The van der Waals surface area contributed by atoms with Gasteiger partial charge in [-0.25, -0.2) is 9.48 Å². The van der Waals surface area contributed by atoms with Crippen molar-refractivity contribution in [2.45, 2.75) is 28.9 Å². The summed E-state index contributed by atoms with van der Waals surface area (Å²) < 4.78 is 6.27. The third kappa shape index (κ3) is 4.74. The number of tetrazole rings is 1. The van der Waals surface area contributed by atoms with E-state index in [0.29, 0.717) is 0 Å². The van der Waals surface area contributed by atoms with Gasteiger partial charge in [-0.1, -0.05) is 11.8 Å². The van der Waals surface area contributed by atoms with Crippen molar-refractivity contribution >= 4 is 58.2 Å². The largest absolute Gasteiger partial charge is 0.504 e. The van der Waals surface area contributed by atoms with Crippen LogP contribution < -0.4 is 10.7 Å². The highest BCUT2D eigenvalue weighted by molar-refractivity contribution is 8.01. The van der Waals surface area contributed by atoms with Crippen molar-refractivity contribution in [1.29, 1.82) is 0 Å². The Morgan fingerprint density at radius 1 is 1.18 bits per heavy atom. The maximum atomic E-state index is 13.2. The molecule has 5 N–H and O–H groups in total. The molecule has 0 bridgehead atoms. The first-order chi connectivity index (χ1) is 18.5. The number of nitrogens with zero attached hydrogens (tertiary/aromatic N) is 5. The van der Waals surface area contributed by atoms with Gasteiger partial charge in [0.1, 0.15) is 35.0 Å². The zero-order valence-electron chi connectivity index (χ0n) is 19.3. The molecule has 4 heterocycles. The average molecular weight is 577 g/mol. The summed E-state index contributed by atoms with van der Waals surface area (Å²) >= 11 is 1.98. The average Bonchev–Trinajstić information content (AvgIpc) is 3.29. The smallest absolute Gasteiger partial charge is 0.352 e. The van der Waals surface area contributed by atoms with Crippen molar-refractivity contribution < 1.29 is 44.0 Å². The molecule has 0 aliphatic carbocycles. The molecule has 202 valence electrons. The quantitative estimate of drug-likeness (QED) is 0.132. The lowest BCUT2D eigenvalue weighted by molar-refractivity contribution is -0.146. The van der Waals surface area contributed by atoms with Crippen molar-refractivity contribution in [1.82, 2.24) is 30.4 Å². The van der Waals surface area contributed by atoms with Gasteiger partial charge in [0.15, 0.2) is 11.5 Å². The molecule has 2 atom stereocenters. The van der Waals surface area contributed by atoms with Gasteiger partial charge in [0.25, 0.3) is 5.91 Å². The first-order valence-electron chi connectivity index (χ1n) is 10.9. The Morgan fingerprint density at radius 2 is 1.92 bits per heavy atom. The van der Waals surface area contributed by atoms with Gasteiger partial charge in [0.2, 0.25) is 16.5 Å². The minimum Gasteiger partial charge on any atom is -0.504 e. The summed E-state index contributed by atoms with van der Waals surface area (Å²) in [5, 5.41) is 50.0. The summed E-state index contributed by atoms with van der Waals surface area (Å²) in [5.41, 5.74) is -1.60. The first kappa shape index (κ1) is 26.0. The highest BCUT2D eigenvalue weighted by Crippen LogP contribution is 2.44. The van der Waals surface area contributed by atoms with Gasteiger partial charge < -0.3 is 30.2 Å². The molecule has 1 aromatic carbocycles. The lowest BCUT2D eigenvalue weighted by Gasteiger charge is -2.46. The van der Waals surface area contributed by atoms with Gasteiger partial charge in [-0.05, 0) is 16.5 Å². The molecule has 3 aromatic rings. The monoisotopic (exact) mass is 576 g/mol. The van der Waals surface area contributed by atoms with Crippen LogP contribution in [0.15, 0.2) is 44.0 Å². The fraction of sp³-hybridized carbons (Fsp3) is 0.238. The minimum atomic E-state index is -1.42. The number of nitrogens with one attached hydrogen (secondary N) is 1. The van der Waals surface area contributed by atoms with Crippen LogP contribution in [0.5, 0.6) is 11.5 Å². The predicted octanol–water partition coefficient (Wildman–Crippen LogP) is -0.233. The van der Waals surface area contributed by atoms with Crippen LogP contribution in [0.25, 0.3) is 11.0 Å². The van der Waals surface area contributed by atoms with Crippen LogP contribution >= 0.6 is 23.5 Å². The van der Waals surface area contributed by atoms with Gasteiger partial charge in [-0.2, -0.15) is 0 Å². The third-order valence-electron chi connectivity index (χ3n) is 5.78. The van der Waals surface area contributed by atoms with E-state index < -0.39 is 63.5 Å². The SMILES string of the molecule is O=C(O)Cn1nnnc1SCC1=C(C(=O)O)N2C(=O)C[C@@H]2SC1NC(=O)c1coc2cc(O)c(O)cc2c1=O. The number of hydrogen-bond acceptors (Lipinski definition) is 13. The molecule has 18 heteroatoms. The number of amides is 2. The molecular formula is C21H16N6O10S2. The van der Waals surface area contributed by atoms with E-state index in [-0.39, 0.29) is 39.6 Å². The van der Waals surface area contributed by atoms with Crippen molar-refractivity contribution in [2.75, 3.05) is 5.75 Å². The highest BCUT2D eigenvalue weighted by atomic mass is 32.2. The van der Waals surface area contributed by atoms with Crippen LogP contribution in [0.1, 0.15) is 16.8 Å². The number of phenols is 2. The van der Waals surface area contributed by atoms with Crippen molar-refractivity contribution in [3.05, 3.63) is 45.5 Å². The Hall–Kier alpha value is -4.58. The number of carboxylic acid groups (broad SMARTS) is 2. The molecule has 2 aliphatic heterocycles. The summed E-state index contributed by atoms with van der Waals surface area (Å²) in [6.07, 6.45) is 0.908. The molecule has 5 rings (SSSR count). The van der Waals surface area contributed by atoms with Crippen molar-refractivity contribution in [3.8, 4) is 11.5 Å². The summed E-state index contributed by atoms with van der Waals surface area (Å²) in [6, 6.07) is 1.97. The van der Waals surface area contributed by atoms with E-state index in [9.17, 15) is 39.3 Å². The molecular weight excluding hydrogens is 560 g/mol. The first-order valence-corrected chi connectivity index (χ1v) is 12.8. The predicted molar refractivity (Wildman–Crippen MR) is 131 cm³/mol. The maximum absolute atomic E-state index is 13.2. The standard InChI is InChI=1S/C21H16N6O10S2/c28-10-1-7-12(2-11(10)29)37-5-8(17(7)33)18(34)22-19-9(6-38-21-23-24-25-26(21)4-15(31)32)16(20(35)36)27-13(30)3-14(27)39-19/h1-2,5,14,19,28-29H,3-4,6H2,(H,22,34)(H,31,32)(H,35,36)/t14-,19?/m0/s1. The number of aliphatic carboxylic acids is 2. The molecule has 2 aromatic heterocycles. The van der Waals surface area contributed by atoms with Gasteiger partial charge >= 0.3 is 11.9 Å². The Bertz CT molecular complexity index is 1650. The summed E-state index contributed by atoms with van der Waals surface area (Å²) in [6.45, 7) is -0.549. The lowest BCUT2D eigenvalue weighted by atomic mass is 10.1. The normalized spacial score (nSPS) is 18.6. The van der Waals surface area contributed by atoms with Crippen LogP contribution in [0.2, 0.25) is 0 Å². The van der Waals surface area contributed by atoms with Crippen molar-refractivity contribution in [3.63, 3.8) is 0 Å². The summed E-state index contributed by atoms with van der Waals surface area (Å²) in [5.74, 6) is -5.25. The van der Waals surface area contributed by atoms with E-state index in [1.54, 1.807) is 0 Å². The van der Waals surface area contributed by atoms with E-state index >= 15 is 0 Å². The Labute approximate surface area is 224 Å². The summed E-state index contributed by atoms with van der Waals surface area (Å²) in [4.78, 5) is 62.8. The number of hydrogen-bond donors (Lipinski definition) is 5. The Kier molecular flexibility index (Phi) is 6.64. The zero-order chi connectivity index (χ0) is 28.0. The fourth-order valence-corrected chi connectivity index (χ4v) is 6.43. The molecule has 2 amide bonds. The van der Waals surface area contributed by atoms with Crippen LogP contribution in [0.3, 0.4) is 0 Å². The van der Waals surface area contributed by atoms with E-state index in [2.05, 4.69) is 20.8 Å². The van der Waals surface area contributed by atoms with Crippen LogP contribution in [-0.2, 0) is 20.9 Å². The number of rotatable bonds is 8. The molecule has 1 unspecified atom stereocenters. The number of phenolic OH excluding ortho intramolecular Hbond substituents is 2. The maximum Gasteiger partial charge on any atom is 0.352 e. The second kappa shape index (κ2) is 9.95. The summed E-state index contributed by atoms with van der Waals surface area (Å²) in [7, 11) is 0. The van der Waals surface area contributed by atoms with E-state index in [1.807, 2.05) is 0 Å². The molecule has 1 saturated heterocycles. The Balaban J connectivity index is 1.48. The third-order valence-corrected chi connectivity index (χ3v) is 8.15. The molecule has 0 spiro atoms. The van der Waals surface area contributed by atoms with Crippen LogP contribution in [0.4, 0.5) is 0 Å². The molecule has 0 radical (unpaired) electrons. The zero-order valence-corrected chi connectivity index (χ0v) is 20.9. The molecule has 2 aliphatic rings. The van der Waals surface area contributed by atoms with Gasteiger partial charge in [0.05, 0.1) is 17.2 Å². The molecule has 16 nitrogen and oxygen atoms in total. The van der Waals surface area contributed by atoms with Crippen LogP contribution in [-0.4, -0.2) is 85.8 Å². The number of fused-ring (bicyclic) bond motifs is 2. The number of aromatic hydroxyl groups is 2. The second-order valence-electron chi connectivity index (χ2n) is 8.21. The number of thioether (sulfide) groups is 2. The molecule has 0 saturated carbocycles. The molecule has 1 fully saturated rings. The number of β-lactam (4-membered cyclic amide) rings is 1. The van der Waals surface area contributed by atoms with Crippen LogP contribution in [0, 0.1) is 0 Å². The van der Waals surface area contributed by atoms with E-state index in [0.717, 1.165) is 51.5 Å².